The fourth-order valence-corrected chi connectivity index (χ4v) is 5.11. The van der Waals surface area contributed by atoms with E-state index >= 15 is 0 Å². The zero-order valence-corrected chi connectivity index (χ0v) is 21.8. The Balaban J connectivity index is 1.85. The highest BCUT2D eigenvalue weighted by molar-refractivity contribution is 7.07. The van der Waals surface area contributed by atoms with E-state index in [1.54, 1.807) is 62.4 Å². The molecule has 2 heterocycles. The van der Waals surface area contributed by atoms with Crippen molar-refractivity contribution in [2.45, 2.75) is 19.9 Å². The number of fused-ring (bicyclic) bond motifs is 1. The number of aromatic nitrogens is 1. The zero-order chi connectivity index (χ0) is 26.7. The van der Waals surface area contributed by atoms with Crippen LogP contribution in [0.3, 0.4) is 0 Å². The molecule has 1 aliphatic heterocycles. The van der Waals surface area contributed by atoms with Crippen molar-refractivity contribution >= 4 is 41.0 Å². The average molecular weight is 543 g/mol. The molecule has 1 aliphatic rings. The number of ether oxygens (including phenoxy) is 3. The maximum Gasteiger partial charge on any atom is 0.341 e. The topological polar surface area (TPSA) is 116 Å². The molecule has 0 aliphatic carbocycles. The first-order valence-corrected chi connectivity index (χ1v) is 12.4. The van der Waals surface area contributed by atoms with Crippen molar-refractivity contribution in [3.63, 3.8) is 0 Å². The van der Waals surface area contributed by atoms with Crippen LogP contribution < -0.4 is 24.4 Å². The van der Waals surface area contributed by atoms with Crippen LogP contribution in [-0.4, -0.2) is 41.9 Å². The molecule has 9 nitrogen and oxygen atoms in total. The van der Waals surface area contributed by atoms with Crippen molar-refractivity contribution in [1.82, 2.24) is 4.57 Å². The molecule has 0 fully saturated rings. The Kier molecular flexibility index (Phi) is 7.80. The van der Waals surface area contributed by atoms with Crippen molar-refractivity contribution < 1.29 is 28.9 Å². The number of thiazole rings is 1. The molecular formula is C26H23ClN2O7S. The van der Waals surface area contributed by atoms with Gasteiger partial charge in [-0.25, -0.2) is 14.6 Å². The molecular weight excluding hydrogens is 520 g/mol. The van der Waals surface area contributed by atoms with Crippen LogP contribution in [0.15, 0.2) is 63.5 Å². The van der Waals surface area contributed by atoms with Crippen LogP contribution in [0.25, 0.3) is 6.08 Å². The largest absolute Gasteiger partial charge is 0.493 e. The van der Waals surface area contributed by atoms with Crippen LogP contribution in [0.5, 0.6) is 11.5 Å². The van der Waals surface area contributed by atoms with Gasteiger partial charge in [-0.1, -0.05) is 41.1 Å². The number of allylic oxidation sites excluding steroid dienone is 1. The second kappa shape index (κ2) is 11.0. The van der Waals surface area contributed by atoms with Crippen LogP contribution >= 0.6 is 22.9 Å². The van der Waals surface area contributed by atoms with E-state index in [2.05, 4.69) is 4.99 Å². The monoisotopic (exact) mass is 542 g/mol. The molecule has 0 radical (unpaired) electrons. The molecule has 0 saturated carbocycles. The summed E-state index contributed by atoms with van der Waals surface area (Å²) in [7, 11) is 1.44. The zero-order valence-electron chi connectivity index (χ0n) is 20.2. The van der Waals surface area contributed by atoms with Gasteiger partial charge in [-0.15, -0.1) is 0 Å². The third-order valence-corrected chi connectivity index (χ3v) is 6.77. The molecule has 0 amide bonds. The molecule has 0 spiro atoms. The Morgan fingerprint density at radius 2 is 1.92 bits per heavy atom. The maximum atomic E-state index is 13.7. The van der Waals surface area contributed by atoms with Gasteiger partial charge in [-0.2, -0.15) is 0 Å². The first kappa shape index (κ1) is 26.2. The summed E-state index contributed by atoms with van der Waals surface area (Å²) >= 11 is 7.27. The van der Waals surface area contributed by atoms with E-state index in [9.17, 15) is 14.4 Å². The molecule has 4 rings (SSSR count). The number of benzene rings is 2. The number of hydrogen-bond donors (Lipinski definition) is 1. The first-order valence-electron chi connectivity index (χ1n) is 11.2. The minimum Gasteiger partial charge on any atom is -0.493 e. The predicted octanol–water partition coefficient (Wildman–Crippen LogP) is 2.92. The SMILES string of the molecule is CCOC(=O)C1=C(C)N=c2s/c(=C/c3ccc(OCC(=O)O)c(OC)c3)c(=O)n2[C@H]1c1ccc(Cl)cc1. The number of carbonyl (C=O) groups excluding carboxylic acids is 1. The fraction of sp³-hybridized carbons (Fsp3) is 0.231. The highest BCUT2D eigenvalue weighted by atomic mass is 35.5. The van der Waals surface area contributed by atoms with Crippen molar-refractivity contribution in [3.05, 3.63) is 89.6 Å². The number of rotatable bonds is 8. The second-order valence-corrected chi connectivity index (χ2v) is 9.39. The molecule has 192 valence electrons. The Hall–Kier alpha value is -3.89. The molecule has 11 heteroatoms. The summed E-state index contributed by atoms with van der Waals surface area (Å²) in [6.45, 7) is 3.10. The standard InChI is InChI=1S/C26H23ClN2O7S/c1-4-35-25(33)22-14(2)28-26-29(23(22)16-6-8-17(27)9-7-16)24(32)20(37-26)12-15-5-10-18(19(11-15)34-3)36-13-21(30)31/h5-12,23H,4,13H2,1-3H3,(H,30,31)/b20-12+/t23-/m0/s1. The Labute approximate surface area is 220 Å². The highest BCUT2D eigenvalue weighted by Gasteiger charge is 2.33. The van der Waals surface area contributed by atoms with Gasteiger partial charge in [0.1, 0.15) is 0 Å². The van der Waals surface area contributed by atoms with Crippen molar-refractivity contribution in [1.29, 1.82) is 0 Å². The summed E-state index contributed by atoms with van der Waals surface area (Å²) in [5, 5.41) is 9.39. The van der Waals surface area contributed by atoms with Crippen LogP contribution in [0, 0.1) is 0 Å². The molecule has 1 atom stereocenters. The lowest BCUT2D eigenvalue weighted by molar-refractivity contribution is -0.140. The van der Waals surface area contributed by atoms with E-state index in [0.29, 0.717) is 36.9 Å². The highest BCUT2D eigenvalue weighted by Crippen LogP contribution is 2.31. The van der Waals surface area contributed by atoms with E-state index in [1.165, 1.54) is 23.0 Å². The van der Waals surface area contributed by atoms with Gasteiger partial charge in [0.2, 0.25) is 0 Å². The smallest absolute Gasteiger partial charge is 0.341 e. The number of aliphatic carboxylic acids is 1. The molecule has 37 heavy (non-hydrogen) atoms. The summed E-state index contributed by atoms with van der Waals surface area (Å²) in [6, 6.07) is 11.1. The molecule has 1 aromatic heterocycles. The number of methoxy groups -OCH3 is 1. The lowest BCUT2D eigenvalue weighted by atomic mass is 9.96. The minimum atomic E-state index is -1.11. The van der Waals surface area contributed by atoms with Gasteiger partial charge >= 0.3 is 11.9 Å². The number of carboxylic acids is 1. The number of nitrogens with zero attached hydrogens (tertiary/aromatic N) is 2. The number of carbonyl (C=O) groups is 2. The van der Waals surface area contributed by atoms with Crippen LogP contribution in [0.4, 0.5) is 0 Å². The van der Waals surface area contributed by atoms with E-state index < -0.39 is 24.6 Å². The third-order valence-electron chi connectivity index (χ3n) is 5.54. The molecule has 0 unspecified atom stereocenters. The van der Waals surface area contributed by atoms with Gasteiger partial charge in [-0.3, -0.25) is 9.36 Å². The summed E-state index contributed by atoms with van der Waals surface area (Å²) in [4.78, 5) is 42.4. The fourth-order valence-electron chi connectivity index (χ4n) is 3.94. The predicted molar refractivity (Wildman–Crippen MR) is 138 cm³/mol. The molecule has 0 saturated heterocycles. The van der Waals surface area contributed by atoms with Gasteiger partial charge in [0.25, 0.3) is 5.56 Å². The number of hydrogen-bond acceptors (Lipinski definition) is 8. The maximum absolute atomic E-state index is 13.7. The lowest BCUT2D eigenvalue weighted by Crippen LogP contribution is -2.39. The Bertz CT molecular complexity index is 1570. The van der Waals surface area contributed by atoms with Gasteiger partial charge < -0.3 is 19.3 Å². The van der Waals surface area contributed by atoms with Crippen molar-refractivity contribution in [2.24, 2.45) is 4.99 Å². The van der Waals surface area contributed by atoms with Gasteiger partial charge in [0.15, 0.2) is 22.9 Å². The normalized spacial score (nSPS) is 15.1. The number of halogens is 1. The van der Waals surface area contributed by atoms with Crippen molar-refractivity contribution in [3.8, 4) is 11.5 Å². The van der Waals surface area contributed by atoms with Gasteiger partial charge in [-0.05, 0) is 55.3 Å². The average Bonchev–Trinajstić information content (AvgIpc) is 3.17. The van der Waals surface area contributed by atoms with Crippen LogP contribution in [0.1, 0.15) is 31.0 Å². The van der Waals surface area contributed by atoms with Crippen molar-refractivity contribution in [2.75, 3.05) is 20.3 Å². The molecule has 0 bridgehead atoms. The van der Waals surface area contributed by atoms with E-state index in [0.717, 1.165) is 0 Å². The number of carboxylic acid groups (broad SMARTS) is 1. The first-order chi connectivity index (χ1) is 17.7. The third kappa shape index (κ3) is 5.45. The number of esters is 1. The van der Waals surface area contributed by atoms with E-state index in [1.807, 2.05) is 0 Å². The summed E-state index contributed by atoms with van der Waals surface area (Å²) in [5.41, 5.74) is 1.74. The minimum absolute atomic E-state index is 0.182. The molecule has 1 N–H and O–H groups in total. The van der Waals surface area contributed by atoms with E-state index in [-0.39, 0.29) is 23.5 Å². The molecule has 2 aromatic carbocycles. The lowest BCUT2D eigenvalue weighted by Gasteiger charge is -2.24. The Morgan fingerprint density at radius 1 is 1.19 bits per heavy atom. The van der Waals surface area contributed by atoms with Crippen LogP contribution in [-0.2, 0) is 14.3 Å². The Morgan fingerprint density at radius 3 is 2.57 bits per heavy atom. The second-order valence-electron chi connectivity index (χ2n) is 7.95. The summed E-state index contributed by atoms with van der Waals surface area (Å²) in [6.07, 6.45) is 1.68. The summed E-state index contributed by atoms with van der Waals surface area (Å²) < 4.78 is 17.7. The molecule has 3 aromatic rings. The quantitative estimate of drug-likeness (QED) is 0.435. The van der Waals surface area contributed by atoms with E-state index in [4.69, 9.17) is 30.9 Å². The van der Waals surface area contributed by atoms with Gasteiger partial charge in [0.05, 0.1) is 35.6 Å². The van der Waals surface area contributed by atoms with Gasteiger partial charge in [0, 0.05) is 5.02 Å². The van der Waals surface area contributed by atoms with Crippen LogP contribution in [0.2, 0.25) is 5.02 Å². The summed E-state index contributed by atoms with van der Waals surface area (Å²) in [5.74, 6) is -1.07.